The first-order valence-corrected chi connectivity index (χ1v) is 8.50. The van der Waals surface area contributed by atoms with Crippen LogP contribution in [0.4, 0.5) is 0 Å². The predicted octanol–water partition coefficient (Wildman–Crippen LogP) is 2.18. The fourth-order valence-electron chi connectivity index (χ4n) is 3.23. The Labute approximate surface area is 141 Å². The van der Waals surface area contributed by atoms with E-state index in [0.29, 0.717) is 30.9 Å². The molecule has 24 heavy (non-hydrogen) atoms. The normalized spacial score (nSPS) is 23.9. The van der Waals surface area contributed by atoms with Gasteiger partial charge in [0, 0.05) is 25.3 Å². The highest BCUT2D eigenvalue weighted by Gasteiger charge is 2.28. The van der Waals surface area contributed by atoms with Gasteiger partial charge in [0.25, 0.3) is 5.91 Å². The second-order valence-corrected chi connectivity index (χ2v) is 6.40. The summed E-state index contributed by atoms with van der Waals surface area (Å²) in [5.41, 5.74) is 0.533. The number of hydrogen-bond donors (Lipinski definition) is 1. The molecular formula is C18H23NO5. The highest BCUT2D eigenvalue weighted by Crippen LogP contribution is 2.21. The van der Waals surface area contributed by atoms with E-state index in [2.05, 4.69) is 0 Å². The second-order valence-electron chi connectivity index (χ2n) is 6.40. The van der Waals surface area contributed by atoms with Crippen molar-refractivity contribution in [3.8, 4) is 5.75 Å². The van der Waals surface area contributed by atoms with Crippen molar-refractivity contribution in [2.75, 3.05) is 26.3 Å². The molecular weight excluding hydrogens is 310 g/mol. The van der Waals surface area contributed by atoms with E-state index in [4.69, 9.17) is 14.6 Å². The molecule has 2 fully saturated rings. The number of aliphatic carboxylic acids is 1. The molecule has 130 valence electrons. The molecule has 6 heteroatoms. The molecule has 0 bridgehead atoms. The average Bonchev–Trinajstić information content (AvgIpc) is 3.13. The summed E-state index contributed by atoms with van der Waals surface area (Å²) in [7, 11) is 0. The van der Waals surface area contributed by atoms with Crippen LogP contribution in [-0.4, -0.2) is 54.3 Å². The summed E-state index contributed by atoms with van der Waals surface area (Å²) in [5.74, 6) is -0.797. The Morgan fingerprint density at radius 1 is 1.29 bits per heavy atom. The fourth-order valence-corrected chi connectivity index (χ4v) is 3.23. The molecule has 3 rings (SSSR count). The minimum Gasteiger partial charge on any atom is -0.491 e. The Morgan fingerprint density at radius 2 is 2.17 bits per heavy atom. The van der Waals surface area contributed by atoms with Crippen molar-refractivity contribution in [1.29, 1.82) is 0 Å². The van der Waals surface area contributed by atoms with Crippen LogP contribution in [0.5, 0.6) is 5.75 Å². The molecule has 2 aliphatic heterocycles. The lowest BCUT2D eigenvalue weighted by atomic mass is 9.97. The molecule has 0 saturated carbocycles. The van der Waals surface area contributed by atoms with E-state index in [1.165, 1.54) is 0 Å². The number of benzene rings is 1. The first-order chi connectivity index (χ1) is 11.6. The number of carboxylic acid groups (broad SMARTS) is 1. The van der Waals surface area contributed by atoms with Gasteiger partial charge in [-0.05, 0) is 43.9 Å². The van der Waals surface area contributed by atoms with Crippen molar-refractivity contribution in [3.63, 3.8) is 0 Å². The van der Waals surface area contributed by atoms with Crippen molar-refractivity contribution < 1.29 is 24.2 Å². The molecule has 1 amide bonds. The zero-order valence-corrected chi connectivity index (χ0v) is 13.6. The van der Waals surface area contributed by atoms with E-state index in [-0.39, 0.29) is 18.6 Å². The molecule has 0 aliphatic carbocycles. The second kappa shape index (κ2) is 7.66. The third kappa shape index (κ3) is 4.06. The van der Waals surface area contributed by atoms with Gasteiger partial charge < -0.3 is 19.5 Å². The highest BCUT2D eigenvalue weighted by atomic mass is 16.5. The van der Waals surface area contributed by atoms with Gasteiger partial charge in [-0.15, -0.1) is 0 Å². The maximum atomic E-state index is 12.6. The van der Waals surface area contributed by atoms with E-state index in [9.17, 15) is 9.59 Å². The monoisotopic (exact) mass is 333 g/mol. The standard InChI is InChI=1S/C18H23NO5/c20-17(19-8-2-5-14(11-19)18(21)22)13-4-1-6-15(10-13)24-12-16-7-3-9-23-16/h1,4,6,10,14,16H,2-3,5,7-9,11-12H2,(H,21,22)/t14-,16+/m1/s1. The summed E-state index contributed by atoms with van der Waals surface area (Å²) in [6.07, 6.45) is 3.54. The van der Waals surface area contributed by atoms with Gasteiger partial charge in [-0.3, -0.25) is 9.59 Å². The number of ether oxygens (including phenoxy) is 2. The zero-order valence-electron chi connectivity index (χ0n) is 13.6. The van der Waals surface area contributed by atoms with E-state index in [1.807, 2.05) is 6.07 Å². The molecule has 2 saturated heterocycles. The first-order valence-electron chi connectivity index (χ1n) is 8.50. The maximum Gasteiger partial charge on any atom is 0.308 e. The Hall–Kier alpha value is -2.08. The van der Waals surface area contributed by atoms with Gasteiger partial charge in [0.2, 0.25) is 0 Å². The van der Waals surface area contributed by atoms with E-state index >= 15 is 0 Å². The maximum absolute atomic E-state index is 12.6. The van der Waals surface area contributed by atoms with Crippen LogP contribution in [0.3, 0.4) is 0 Å². The average molecular weight is 333 g/mol. The molecule has 1 aromatic carbocycles. The molecule has 1 N–H and O–H groups in total. The van der Waals surface area contributed by atoms with Crippen LogP contribution in [-0.2, 0) is 9.53 Å². The molecule has 2 aliphatic rings. The minimum atomic E-state index is -0.832. The molecule has 0 spiro atoms. The van der Waals surface area contributed by atoms with Gasteiger partial charge in [0.1, 0.15) is 12.4 Å². The Balaban J connectivity index is 1.61. The number of hydrogen-bond acceptors (Lipinski definition) is 4. The third-order valence-corrected chi connectivity index (χ3v) is 4.60. The van der Waals surface area contributed by atoms with E-state index in [0.717, 1.165) is 25.9 Å². The molecule has 1 aromatic rings. The number of amides is 1. The quantitative estimate of drug-likeness (QED) is 0.894. The van der Waals surface area contributed by atoms with Crippen LogP contribution in [0.15, 0.2) is 24.3 Å². The van der Waals surface area contributed by atoms with Gasteiger partial charge >= 0.3 is 5.97 Å². The van der Waals surface area contributed by atoms with Crippen molar-refractivity contribution in [3.05, 3.63) is 29.8 Å². The molecule has 2 atom stereocenters. The summed E-state index contributed by atoms with van der Waals surface area (Å²) in [4.78, 5) is 25.4. The lowest BCUT2D eigenvalue weighted by Gasteiger charge is -2.30. The van der Waals surface area contributed by atoms with Crippen molar-refractivity contribution in [2.45, 2.75) is 31.8 Å². The van der Waals surface area contributed by atoms with Crippen LogP contribution in [0.1, 0.15) is 36.0 Å². The summed E-state index contributed by atoms with van der Waals surface area (Å²) in [5, 5.41) is 9.16. The van der Waals surface area contributed by atoms with Gasteiger partial charge in [0.05, 0.1) is 12.0 Å². The topological polar surface area (TPSA) is 76.1 Å². The van der Waals surface area contributed by atoms with Gasteiger partial charge in [-0.25, -0.2) is 0 Å². The summed E-state index contributed by atoms with van der Waals surface area (Å²) >= 11 is 0. The summed E-state index contributed by atoms with van der Waals surface area (Å²) in [6.45, 7) is 2.15. The number of rotatable bonds is 5. The number of carbonyl (C=O) groups excluding carboxylic acids is 1. The lowest BCUT2D eigenvalue weighted by molar-refractivity contribution is -0.143. The summed E-state index contributed by atoms with van der Waals surface area (Å²) in [6, 6.07) is 7.08. The lowest BCUT2D eigenvalue weighted by Crippen LogP contribution is -2.42. The summed E-state index contributed by atoms with van der Waals surface area (Å²) < 4.78 is 11.3. The molecule has 0 radical (unpaired) electrons. The largest absolute Gasteiger partial charge is 0.491 e. The number of carboxylic acids is 1. The molecule has 6 nitrogen and oxygen atoms in total. The number of nitrogens with zero attached hydrogens (tertiary/aromatic N) is 1. The molecule has 2 heterocycles. The Morgan fingerprint density at radius 3 is 2.92 bits per heavy atom. The Kier molecular flexibility index (Phi) is 5.35. The van der Waals surface area contributed by atoms with Crippen molar-refractivity contribution in [1.82, 2.24) is 4.90 Å². The van der Waals surface area contributed by atoms with Crippen molar-refractivity contribution in [2.24, 2.45) is 5.92 Å². The number of piperidine rings is 1. The van der Waals surface area contributed by atoms with Crippen LogP contribution < -0.4 is 4.74 Å². The fraction of sp³-hybridized carbons (Fsp3) is 0.556. The first kappa shape index (κ1) is 16.8. The van der Waals surface area contributed by atoms with Crippen LogP contribution in [0, 0.1) is 5.92 Å². The van der Waals surface area contributed by atoms with Crippen LogP contribution >= 0.6 is 0 Å². The number of carbonyl (C=O) groups is 2. The minimum absolute atomic E-state index is 0.128. The highest BCUT2D eigenvalue weighted by molar-refractivity contribution is 5.95. The van der Waals surface area contributed by atoms with Crippen LogP contribution in [0.25, 0.3) is 0 Å². The molecule has 0 aromatic heterocycles. The van der Waals surface area contributed by atoms with Crippen molar-refractivity contribution >= 4 is 11.9 Å². The Bertz CT molecular complexity index is 597. The predicted molar refractivity (Wildman–Crippen MR) is 87.2 cm³/mol. The van der Waals surface area contributed by atoms with Gasteiger partial charge in [0.15, 0.2) is 0 Å². The number of likely N-dealkylation sites (tertiary alicyclic amines) is 1. The third-order valence-electron chi connectivity index (χ3n) is 4.60. The van der Waals surface area contributed by atoms with Crippen LogP contribution in [0.2, 0.25) is 0 Å². The molecule has 0 unspecified atom stereocenters. The van der Waals surface area contributed by atoms with E-state index in [1.54, 1.807) is 23.1 Å². The zero-order chi connectivity index (χ0) is 16.9. The van der Waals surface area contributed by atoms with Gasteiger partial charge in [-0.2, -0.15) is 0 Å². The smallest absolute Gasteiger partial charge is 0.308 e. The van der Waals surface area contributed by atoms with E-state index < -0.39 is 11.9 Å². The van der Waals surface area contributed by atoms with Gasteiger partial charge in [-0.1, -0.05) is 6.07 Å². The SMILES string of the molecule is O=C(O)[C@@H]1CCCN(C(=O)c2cccc(OC[C@@H]3CCCO3)c2)C1.